The third-order valence-corrected chi connectivity index (χ3v) is 4.94. The van der Waals surface area contributed by atoms with Gasteiger partial charge in [0.1, 0.15) is 0 Å². The van der Waals surface area contributed by atoms with E-state index in [0.717, 1.165) is 24.2 Å². The molecule has 1 saturated heterocycles. The van der Waals surface area contributed by atoms with Crippen LogP contribution >= 0.6 is 11.8 Å². The van der Waals surface area contributed by atoms with Crippen molar-refractivity contribution >= 4 is 40.3 Å². The lowest BCUT2D eigenvalue weighted by atomic mass is 10.1. The number of nitro groups is 1. The zero-order chi connectivity index (χ0) is 20.3. The fourth-order valence-electron chi connectivity index (χ4n) is 2.53. The van der Waals surface area contributed by atoms with Gasteiger partial charge in [0.15, 0.2) is 16.7 Å². The number of phenolic OH excluding ortho intramolecular Hbond substituents is 1. The Morgan fingerprint density at radius 2 is 2.04 bits per heavy atom. The number of ether oxygens (including phenoxy) is 1. The lowest BCUT2D eigenvalue weighted by molar-refractivity contribution is -0.385. The summed E-state index contributed by atoms with van der Waals surface area (Å²) in [6.07, 6.45) is 2.29. The molecule has 0 aliphatic carbocycles. The van der Waals surface area contributed by atoms with Gasteiger partial charge in [-0.2, -0.15) is 0 Å². The highest BCUT2D eigenvalue weighted by Crippen LogP contribution is 2.37. The Kier molecular flexibility index (Phi) is 5.65. The van der Waals surface area contributed by atoms with E-state index in [1.807, 2.05) is 24.3 Å². The van der Waals surface area contributed by atoms with Crippen LogP contribution < -0.4 is 10.1 Å². The second kappa shape index (κ2) is 8.13. The molecule has 1 amide bonds. The van der Waals surface area contributed by atoms with Crippen molar-refractivity contribution in [2.45, 2.75) is 13.3 Å². The van der Waals surface area contributed by atoms with Gasteiger partial charge in [-0.3, -0.25) is 14.9 Å². The molecule has 0 atom stereocenters. The number of aromatic hydroxyl groups is 1. The first-order chi connectivity index (χ1) is 13.4. The fraction of sp³-hybridized carbons (Fsp3) is 0.158. The maximum Gasteiger partial charge on any atom is 0.274 e. The van der Waals surface area contributed by atoms with Crippen LogP contribution in [0.1, 0.15) is 18.1 Å². The van der Waals surface area contributed by atoms with Gasteiger partial charge in [-0.15, -0.1) is 0 Å². The van der Waals surface area contributed by atoms with E-state index in [0.29, 0.717) is 10.9 Å². The quantitative estimate of drug-likeness (QED) is 0.449. The van der Waals surface area contributed by atoms with Crippen molar-refractivity contribution in [1.29, 1.82) is 0 Å². The molecular formula is C19H17N3O5S. The number of amidine groups is 1. The molecule has 28 heavy (non-hydrogen) atoms. The first-order valence-electron chi connectivity index (χ1n) is 8.35. The molecule has 0 aromatic heterocycles. The number of nitrogens with one attached hydrogen (secondary N) is 1. The Balaban J connectivity index is 1.91. The third-order valence-electron chi connectivity index (χ3n) is 4.03. The largest absolute Gasteiger partial charge is 0.504 e. The number of aryl methyl sites for hydroxylation is 1. The minimum atomic E-state index is -0.599. The highest BCUT2D eigenvalue weighted by Gasteiger charge is 2.25. The minimum Gasteiger partial charge on any atom is -0.504 e. The van der Waals surface area contributed by atoms with Gasteiger partial charge in [0, 0.05) is 11.6 Å². The summed E-state index contributed by atoms with van der Waals surface area (Å²) < 4.78 is 4.97. The number of carbonyl (C=O) groups is 1. The Hall–Kier alpha value is -3.33. The lowest BCUT2D eigenvalue weighted by Gasteiger charge is -2.06. The first kappa shape index (κ1) is 19.4. The van der Waals surface area contributed by atoms with E-state index in [1.54, 1.807) is 0 Å². The third kappa shape index (κ3) is 4.15. The maximum absolute atomic E-state index is 12.2. The summed E-state index contributed by atoms with van der Waals surface area (Å²) in [5.74, 6) is -0.734. The maximum atomic E-state index is 12.2. The van der Waals surface area contributed by atoms with Gasteiger partial charge < -0.3 is 15.2 Å². The van der Waals surface area contributed by atoms with Crippen LogP contribution in [0.4, 0.5) is 11.4 Å². The number of amides is 1. The zero-order valence-corrected chi connectivity index (χ0v) is 15.9. The number of benzene rings is 2. The van der Waals surface area contributed by atoms with Gasteiger partial charge in [-0.25, -0.2) is 4.99 Å². The van der Waals surface area contributed by atoms with Gasteiger partial charge in [0.2, 0.25) is 0 Å². The van der Waals surface area contributed by atoms with E-state index in [9.17, 15) is 20.0 Å². The van der Waals surface area contributed by atoms with Crippen LogP contribution in [0.25, 0.3) is 6.08 Å². The van der Waals surface area contributed by atoms with Gasteiger partial charge in [0.25, 0.3) is 11.6 Å². The monoisotopic (exact) mass is 399 g/mol. The molecule has 2 aromatic carbocycles. The Bertz CT molecular complexity index is 999. The van der Waals surface area contributed by atoms with Crippen molar-refractivity contribution < 1.29 is 19.6 Å². The number of phenols is 1. The molecule has 0 saturated carbocycles. The summed E-state index contributed by atoms with van der Waals surface area (Å²) in [6.45, 7) is 2.06. The van der Waals surface area contributed by atoms with Crippen molar-refractivity contribution in [2.75, 3.05) is 7.11 Å². The van der Waals surface area contributed by atoms with Crippen LogP contribution in [0, 0.1) is 10.1 Å². The van der Waals surface area contributed by atoms with Crippen molar-refractivity contribution in [3.8, 4) is 11.5 Å². The van der Waals surface area contributed by atoms with Crippen molar-refractivity contribution in [3.63, 3.8) is 0 Å². The molecule has 1 fully saturated rings. The van der Waals surface area contributed by atoms with Gasteiger partial charge >= 0.3 is 0 Å². The predicted octanol–water partition coefficient (Wildman–Crippen LogP) is 3.76. The highest BCUT2D eigenvalue weighted by molar-refractivity contribution is 8.18. The Labute approximate surface area is 165 Å². The number of rotatable bonds is 5. The van der Waals surface area contributed by atoms with Crippen LogP contribution in [-0.2, 0) is 11.2 Å². The van der Waals surface area contributed by atoms with Gasteiger partial charge in [-0.05, 0) is 42.0 Å². The smallest absolute Gasteiger partial charge is 0.274 e. The molecule has 1 aliphatic heterocycles. The molecule has 1 aliphatic rings. The Morgan fingerprint density at radius 1 is 1.32 bits per heavy atom. The van der Waals surface area contributed by atoms with Crippen molar-refractivity contribution in [1.82, 2.24) is 5.32 Å². The highest BCUT2D eigenvalue weighted by atomic mass is 32.2. The van der Waals surface area contributed by atoms with Crippen LogP contribution in [-0.4, -0.2) is 28.2 Å². The summed E-state index contributed by atoms with van der Waals surface area (Å²) in [6, 6.07) is 9.94. The molecule has 8 nitrogen and oxygen atoms in total. The molecule has 3 rings (SSSR count). The second-order valence-electron chi connectivity index (χ2n) is 5.84. The van der Waals surface area contributed by atoms with Crippen LogP contribution in [0.2, 0.25) is 0 Å². The van der Waals surface area contributed by atoms with E-state index < -0.39 is 10.8 Å². The average Bonchev–Trinajstić information content (AvgIpc) is 3.02. The molecule has 2 aromatic rings. The van der Waals surface area contributed by atoms with Gasteiger partial charge in [-0.1, -0.05) is 19.1 Å². The summed E-state index contributed by atoms with van der Waals surface area (Å²) in [5, 5.41) is 24.3. The summed E-state index contributed by atoms with van der Waals surface area (Å²) in [4.78, 5) is 27.4. The van der Waals surface area contributed by atoms with E-state index >= 15 is 0 Å². The number of nitro benzene ring substituents is 1. The van der Waals surface area contributed by atoms with Gasteiger partial charge in [0.05, 0.1) is 28.7 Å². The van der Waals surface area contributed by atoms with Crippen LogP contribution in [0.3, 0.4) is 0 Å². The topological polar surface area (TPSA) is 114 Å². The molecule has 9 heteroatoms. The molecule has 2 N–H and O–H groups in total. The molecule has 0 unspecified atom stereocenters. The van der Waals surface area contributed by atoms with Crippen molar-refractivity contribution in [2.24, 2.45) is 4.99 Å². The number of aliphatic imine (C=N–C) groups is 1. The minimum absolute atomic E-state index is 0.0469. The van der Waals surface area contributed by atoms with E-state index in [4.69, 9.17) is 4.74 Å². The van der Waals surface area contributed by atoms with E-state index in [1.165, 1.54) is 24.8 Å². The standard InChI is InChI=1S/C19H17N3O5S/c1-3-11-4-6-13(7-5-11)20-19-21-18(24)16(28-19)9-12-8-14(22(25)26)10-15(27-2)17(12)23/h4-10,23H,3H2,1-2H3,(H,20,21,24). The molecule has 0 spiro atoms. The molecule has 144 valence electrons. The SMILES string of the molecule is CCc1ccc(N=C2NC(=O)C(=Cc3cc([N+](=O)[O-])cc(OC)c3O)S2)cc1. The normalized spacial score (nSPS) is 16.4. The van der Waals surface area contributed by atoms with E-state index in [2.05, 4.69) is 17.2 Å². The number of methoxy groups -OCH3 is 1. The molecule has 0 radical (unpaired) electrons. The number of hydrogen-bond donors (Lipinski definition) is 2. The molecule has 0 bridgehead atoms. The summed E-state index contributed by atoms with van der Waals surface area (Å²) in [7, 11) is 1.29. The first-order valence-corrected chi connectivity index (χ1v) is 9.16. The molecular weight excluding hydrogens is 382 g/mol. The van der Waals surface area contributed by atoms with Crippen molar-refractivity contribution in [3.05, 3.63) is 62.5 Å². The van der Waals surface area contributed by atoms with Crippen LogP contribution in [0.15, 0.2) is 46.3 Å². The summed E-state index contributed by atoms with van der Waals surface area (Å²) in [5.41, 5.74) is 1.73. The predicted molar refractivity (Wildman–Crippen MR) is 108 cm³/mol. The lowest BCUT2D eigenvalue weighted by Crippen LogP contribution is -2.19. The number of nitrogens with zero attached hydrogens (tertiary/aromatic N) is 2. The second-order valence-corrected chi connectivity index (χ2v) is 6.88. The number of non-ortho nitro benzene ring substituents is 1. The number of thioether (sulfide) groups is 1. The fourth-order valence-corrected chi connectivity index (χ4v) is 3.36. The van der Waals surface area contributed by atoms with Crippen LogP contribution in [0.5, 0.6) is 11.5 Å². The number of hydrogen-bond acceptors (Lipinski definition) is 7. The molecule has 1 heterocycles. The van der Waals surface area contributed by atoms with E-state index in [-0.39, 0.29) is 27.7 Å². The zero-order valence-electron chi connectivity index (χ0n) is 15.1. The number of carbonyl (C=O) groups excluding carboxylic acids is 1. The average molecular weight is 399 g/mol. The Morgan fingerprint density at radius 3 is 2.64 bits per heavy atom. The summed E-state index contributed by atoms with van der Waals surface area (Å²) >= 11 is 1.08.